The quantitative estimate of drug-likeness (QED) is 0.333. The first kappa shape index (κ1) is 21.2. The molecule has 6 rings (SSSR count). The summed E-state index contributed by atoms with van der Waals surface area (Å²) in [6, 6.07) is 12.3. The summed E-state index contributed by atoms with van der Waals surface area (Å²) in [5.74, 6) is 2.65. The van der Waals surface area contributed by atoms with Crippen LogP contribution in [0, 0.1) is 6.92 Å². The third-order valence-electron chi connectivity index (χ3n) is 6.08. The molecular formula is C25H23N7S2. The number of benzene rings is 1. The van der Waals surface area contributed by atoms with E-state index in [0.29, 0.717) is 11.6 Å². The van der Waals surface area contributed by atoms with Crippen molar-refractivity contribution in [1.29, 1.82) is 0 Å². The standard InChI is InChI=1S/C25H23N7S2/c1-15-6-8-17(9-7-15)32-23(16-10-12-27-13-11-16)30-31-25(32)33-14-20-28-22(26)21-18-4-2-3-5-19(18)34-24(21)29-20/h6-13H,2-5,14H2,1H3,(H2,26,28,29). The molecule has 0 amide bonds. The summed E-state index contributed by atoms with van der Waals surface area (Å²) in [4.78, 5) is 16.1. The number of aryl methyl sites for hydroxylation is 3. The van der Waals surface area contributed by atoms with Crippen LogP contribution < -0.4 is 5.73 Å². The smallest absolute Gasteiger partial charge is 0.196 e. The van der Waals surface area contributed by atoms with Crippen LogP contribution in [0.15, 0.2) is 53.9 Å². The van der Waals surface area contributed by atoms with Crippen LogP contribution in [0.5, 0.6) is 0 Å². The van der Waals surface area contributed by atoms with Gasteiger partial charge in [-0.05, 0) is 62.4 Å². The van der Waals surface area contributed by atoms with Gasteiger partial charge >= 0.3 is 0 Å². The minimum absolute atomic E-state index is 0.559. The van der Waals surface area contributed by atoms with Crippen LogP contribution in [0.3, 0.4) is 0 Å². The molecule has 1 aliphatic carbocycles. The molecule has 0 radical (unpaired) electrons. The molecule has 1 aromatic carbocycles. The van der Waals surface area contributed by atoms with E-state index in [1.54, 1.807) is 35.5 Å². The van der Waals surface area contributed by atoms with Crippen LogP contribution >= 0.6 is 23.1 Å². The Bertz CT molecular complexity index is 1470. The third kappa shape index (κ3) is 3.84. The number of pyridine rings is 1. The van der Waals surface area contributed by atoms with Gasteiger partial charge in [0, 0.05) is 28.5 Å². The van der Waals surface area contributed by atoms with E-state index in [2.05, 4.69) is 55.9 Å². The lowest BCUT2D eigenvalue weighted by Gasteiger charge is -2.11. The summed E-state index contributed by atoms with van der Waals surface area (Å²) in [7, 11) is 0. The van der Waals surface area contributed by atoms with Crippen molar-refractivity contribution in [2.24, 2.45) is 0 Å². The first-order chi connectivity index (χ1) is 16.7. The highest BCUT2D eigenvalue weighted by Crippen LogP contribution is 2.38. The SMILES string of the molecule is Cc1ccc(-n2c(SCc3nc(N)c4c5c(sc4n3)CCCC5)nnc2-c2ccncc2)cc1. The number of nitrogen functional groups attached to an aromatic ring is 1. The zero-order valence-corrected chi connectivity index (χ0v) is 20.4. The molecule has 0 aliphatic heterocycles. The van der Waals surface area contributed by atoms with Gasteiger partial charge < -0.3 is 5.73 Å². The molecule has 0 saturated heterocycles. The molecule has 1 aliphatic rings. The van der Waals surface area contributed by atoms with E-state index >= 15 is 0 Å². The van der Waals surface area contributed by atoms with Crippen molar-refractivity contribution < 1.29 is 0 Å². The number of nitrogens with zero attached hydrogens (tertiary/aromatic N) is 6. The Morgan fingerprint density at radius 3 is 2.62 bits per heavy atom. The van der Waals surface area contributed by atoms with Crippen LogP contribution in [-0.4, -0.2) is 29.7 Å². The molecule has 0 unspecified atom stereocenters. The van der Waals surface area contributed by atoms with Gasteiger partial charge in [0.25, 0.3) is 0 Å². The molecule has 9 heteroatoms. The number of rotatable bonds is 5. The second-order valence-electron chi connectivity index (χ2n) is 8.42. The van der Waals surface area contributed by atoms with E-state index in [-0.39, 0.29) is 0 Å². The second-order valence-corrected chi connectivity index (χ2v) is 10.4. The highest BCUT2D eigenvalue weighted by molar-refractivity contribution is 7.98. The third-order valence-corrected chi connectivity index (χ3v) is 8.19. The fraction of sp³-hybridized carbons (Fsp3) is 0.240. The first-order valence-electron chi connectivity index (χ1n) is 11.3. The Morgan fingerprint density at radius 1 is 1.00 bits per heavy atom. The molecule has 2 N–H and O–H groups in total. The minimum atomic E-state index is 0.559. The molecular weight excluding hydrogens is 462 g/mol. The fourth-order valence-corrected chi connectivity index (χ4v) is 6.50. The van der Waals surface area contributed by atoms with Crippen LogP contribution in [0.25, 0.3) is 27.3 Å². The van der Waals surface area contributed by atoms with E-state index in [1.165, 1.54) is 28.8 Å². The summed E-state index contributed by atoms with van der Waals surface area (Å²) in [5.41, 5.74) is 10.9. The normalized spacial score (nSPS) is 13.3. The van der Waals surface area contributed by atoms with Crippen molar-refractivity contribution in [3.05, 3.63) is 70.6 Å². The average Bonchev–Trinajstić information content (AvgIpc) is 3.45. The molecule has 170 valence electrons. The van der Waals surface area contributed by atoms with E-state index in [9.17, 15) is 0 Å². The number of hydrogen-bond acceptors (Lipinski definition) is 8. The van der Waals surface area contributed by atoms with Crippen molar-refractivity contribution >= 4 is 39.1 Å². The van der Waals surface area contributed by atoms with Crippen LogP contribution in [-0.2, 0) is 18.6 Å². The van der Waals surface area contributed by atoms with Crippen molar-refractivity contribution in [1.82, 2.24) is 29.7 Å². The van der Waals surface area contributed by atoms with Gasteiger partial charge in [-0.1, -0.05) is 29.5 Å². The first-order valence-corrected chi connectivity index (χ1v) is 13.1. The molecule has 4 heterocycles. The number of fused-ring (bicyclic) bond motifs is 3. The maximum absolute atomic E-state index is 6.42. The monoisotopic (exact) mass is 485 g/mol. The second kappa shape index (κ2) is 8.81. The maximum atomic E-state index is 6.42. The summed E-state index contributed by atoms with van der Waals surface area (Å²) in [6.07, 6.45) is 8.19. The topological polar surface area (TPSA) is 95.4 Å². The van der Waals surface area contributed by atoms with E-state index in [1.807, 2.05) is 12.1 Å². The molecule has 5 aromatic rings. The highest BCUT2D eigenvalue weighted by Gasteiger charge is 2.21. The lowest BCUT2D eigenvalue weighted by Crippen LogP contribution is -2.03. The van der Waals surface area contributed by atoms with Gasteiger partial charge in [0.1, 0.15) is 16.5 Å². The Hall–Kier alpha value is -3.30. The molecule has 7 nitrogen and oxygen atoms in total. The largest absolute Gasteiger partial charge is 0.383 e. The molecule has 0 fully saturated rings. The molecule has 0 saturated carbocycles. The van der Waals surface area contributed by atoms with Gasteiger partial charge in [0.05, 0.1) is 11.1 Å². The van der Waals surface area contributed by atoms with Gasteiger partial charge in [-0.2, -0.15) is 0 Å². The fourth-order valence-electron chi connectivity index (χ4n) is 4.40. The van der Waals surface area contributed by atoms with Gasteiger partial charge in [-0.15, -0.1) is 21.5 Å². The molecule has 4 aromatic heterocycles. The number of nitrogens with two attached hydrogens (primary N) is 1. The molecule has 0 atom stereocenters. The summed E-state index contributed by atoms with van der Waals surface area (Å²) < 4.78 is 2.07. The van der Waals surface area contributed by atoms with Gasteiger partial charge in [0.2, 0.25) is 0 Å². The van der Waals surface area contributed by atoms with Crippen molar-refractivity contribution in [2.75, 3.05) is 5.73 Å². The Morgan fingerprint density at radius 2 is 1.79 bits per heavy atom. The van der Waals surface area contributed by atoms with Crippen molar-refractivity contribution in [3.8, 4) is 17.1 Å². The van der Waals surface area contributed by atoms with E-state index < -0.39 is 0 Å². The van der Waals surface area contributed by atoms with Gasteiger partial charge in [0.15, 0.2) is 11.0 Å². The number of thiophene rings is 1. The number of aromatic nitrogens is 6. The van der Waals surface area contributed by atoms with E-state index in [0.717, 1.165) is 51.1 Å². The Balaban J connectivity index is 1.35. The average molecular weight is 486 g/mol. The zero-order valence-electron chi connectivity index (χ0n) is 18.7. The lowest BCUT2D eigenvalue weighted by atomic mass is 9.97. The Labute approximate surface area is 205 Å². The summed E-state index contributed by atoms with van der Waals surface area (Å²) in [5, 5.41) is 10.9. The van der Waals surface area contributed by atoms with E-state index in [4.69, 9.17) is 10.7 Å². The molecule has 0 spiro atoms. The van der Waals surface area contributed by atoms with Crippen molar-refractivity contribution in [3.63, 3.8) is 0 Å². The van der Waals surface area contributed by atoms with Crippen LogP contribution in [0.4, 0.5) is 5.82 Å². The summed E-state index contributed by atoms with van der Waals surface area (Å²) in [6.45, 7) is 2.08. The highest BCUT2D eigenvalue weighted by atomic mass is 32.2. The summed E-state index contributed by atoms with van der Waals surface area (Å²) >= 11 is 3.34. The van der Waals surface area contributed by atoms with Crippen LogP contribution in [0.2, 0.25) is 0 Å². The maximum Gasteiger partial charge on any atom is 0.196 e. The number of hydrogen-bond donors (Lipinski definition) is 1. The molecule has 0 bridgehead atoms. The lowest BCUT2D eigenvalue weighted by molar-refractivity contribution is 0.700. The number of thioether (sulfide) groups is 1. The predicted octanol–water partition coefficient (Wildman–Crippen LogP) is 5.40. The van der Waals surface area contributed by atoms with Crippen LogP contribution in [0.1, 0.15) is 34.7 Å². The van der Waals surface area contributed by atoms with Gasteiger partial charge in [-0.25, -0.2) is 9.97 Å². The van der Waals surface area contributed by atoms with Gasteiger partial charge in [-0.3, -0.25) is 9.55 Å². The number of anilines is 1. The predicted molar refractivity (Wildman–Crippen MR) is 137 cm³/mol. The zero-order chi connectivity index (χ0) is 23.1. The Kier molecular flexibility index (Phi) is 5.50. The minimum Gasteiger partial charge on any atom is -0.383 e. The van der Waals surface area contributed by atoms with Crippen molar-refractivity contribution in [2.45, 2.75) is 43.5 Å². The molecule has 34 heavy (non-hydrogen) atoms.